The lowest BCUT2D eigenvalue weighted by Crippen LogP contribution is -2.12. The number of carbonyl (C=O) groups excluding carboxylic acids is 1. The first-order valence-electron chi connectivity index (χ1n) is 6.86. The maximum atomic E-state index is 11.8. The van der Waals surface area contributed by atoms with Crippen molar-refractivity contribution < 1.29 is 18.2 Å². The number of hydrogen-bond acceptors (Lipinski definition) is 8. The molecule has 0 bridgehead atoms. The summed E-state index contributed by atoms with van der Waals surface area (Å²) in [6.45, 7) is 3.58. The molecule has 0 radical (unpaired) electrons. The molecule has 0 saturated heterocycles. The highest BCUT2D eigenvalue weighted by Crippen LogP contribution is 2.26. The summed E-state index contributed by atoms with van der Waals surface area (Å²) in [4.78, 5) is 11.8. The van der Waals surface area contributed by atoms with E-state index < -0.39 is 0 Å². The van der Waals surface area contributed by atoms with Gasteiger partial charge in [-0.1, -0.05) is 16.9 Å². The summed E-state index contributed by atoms with van der Waals surface area (Å²) in [6.07, 6.45) is 1.86. The fourth-order valence-corrected chi connectivity index (χ4v) is 2.54. The van der Waals surface area contributed by atoms with Crippen molar-refractivity contribution in [2.75, 3.05) is 11.1 Å². The topological polar surface area (TPSA) is 107 Å². The highest BCUT2D eigenvalue weighted by atomic mass is 32.2. The van der Waals surface area contributed by atoms with E-state index >= 15 is 0 Å². The highest BCUT2D eigenvalue weighted by molar-refractivity contribution is 7.99. The van der Waals surface area contributed by atoms with Crippen LogP contribution in [0.25, 0.3) is 11.5 Å². The molecule has 120 valence electrons. The molecule has 0 aliphatic rings. The predicted molar refractivity (Wildman–Crippen MR) is 81.9 cm³/mol. The standard InChI is InChI=1S/C14H14N4O4S/c1-8-7-11(18-22-8)15-12(19)4-6-23-14-17-16-13(21-14)10-3-5-20-9(10)2/h3,5,7H,4,6H2,1-2H3,(H,15,18,19). The average molecular weight is 334 g/mol. The summed E-state index contributed by atoms with van der Waals surface area (Å²) < 4.78 is 15.6. The van der Waals surface area contributed by atoms with E-state index in [0.29, 0.717) is 40.6 Å². The van der Waals surface area contributed by atoms with Crippen LogP contribution in [0.1, 0.15) is 17.9 Å². The van der Waals surface area contributed by atoms with E-state index in [-0.39, 0.29) is 5.91 Å². The summed E-state index contributed by atoms with van der Waals surface area (Å²) in [7, 11) is 0. The number of rotatable bonds is 6. The minimum atomic E-state index is -0.156. The van der Waals surface area contributed by atoms with E-state index in [4.69, 9.17) is 13.4 Å². The SMILES string of the molecule is Cc1cc(NC(=O)CCSc2nnc(-c3ccoc3C)o2)no1. The van der Waals surface area contributed by atoms with Gasteiger partial charge in [0.05, 0.1) is 11.8 Å². The fourth-order valence-electron chi connectivity index (χ4n) is 1.85. The van der Waals surface area contributed by atoms with Gasteiger partial charge in [-0.2, -0.15) is 0 Å². The first-order valence-corrected chi connectivity index (χ1v) is 7.84. The molecule has 3 rings (SSSR count). The van der Waals surface area contributed by atoms with Crippen LogP contribution < -0.4 is 5.32 Å². The Bertz CT molecular complexity index is 807. The first-order chi connectivity index (χ1) is 11.1. The van der Waals surface area contributed by atoms with Crippen LogP contribution in [0.3, 0.4) is 0 Å². The maximum absolute atomic E-state index is 11.8. The normalized spacial score (nSPS) is 10.9. The Morgan fingerprint density at radius 3 is 2.91 bits per heavy atom. The predicted octanol–water partition coefficient (Wildman–Crippen LogP) is 3.06. The van der Waals surface area contributed by atoms with Crippen LogP contribution in [0.15, 0.2) is 37.0 Å². The van der Waals surface area contributed by atoms with Crippen molar-refractivity contribution in [2.45, 2.75) is 25.5 Å². The molecule has 9 heteroatoms. The summed E-state index contributed by atoms with van der Waals surface area (Å²) in [5.41, 5.74) is 0.767. The van der Waals surface area contributed by atoms with Gasteiger partial charge in [0, 0.05) is 18.2 Å². The van der Waals surface area contributed by atoms with Crippen LogP contribution in [-0.4, -0.2) is 27.0 Å². The van der Waals surface area contributed by atoms with Gasteiger partial charge < -0.3 is 18.7 Å². The van der Waals surface area contributed by atoms with E-state index in [2.05, 4.69) is 20.7 Å². The van der Waals surface area contributed by atoms with Crippen LogP contribution in [-0.2, 0) is 4.79 Å². The summed E-state index contributed by atoms with van der Waals surface area (Å²) in [5.74, 6) is 2.52. The van der Waals surface area contributed by atoms with Crippen LogP contribution in [0.4, 0.5) is 5.82 Å². The molecule has 0 aliphatic carbocycles. The number of aryl methyl sites for hydroxylation is 2. The second-order valence-electron chi connectivity index (χ2n) is 4.73. The number of thioether (sulfide) groups is 1. The Balaban J connectivity index is 1.48. The molecule has 1 N–H and O–H groups in total. The Labute approximate surface area is 135 Å². The first kappa shape index (κ1) is 15.3. The van der Waals surface area contributed by atoms with E-state index in [9.17, 15) is 4.79 Å². The Morgan fingerprint density at radius 1 is 1.35 bits per heavy atom. The van der Waals surface area contributed by atoms with E-state index in [1.807, 2.05) is 6.92 Å². The van der Waals surface area contributed by atoms with Gasteiger partial charge in [-0.15, -0.1) is 10.2 Å². The minimum absolute atomic E-state index is 0.156. The van der Waals surface area contributed by atoms with E-state index in [0.717, 1.165) is 5.56 Å². The molecule has 0 spiro atoms. The fraction of sp³-hybridized carbons (Fsp3) is 0.286. The smallest absolute Gasteiger partial charge is 0.276 e. The molecule has 3 aromatic rings. The van der Waals surface area contributed by atoms with E-state index in [1.165, 1.54) is 11.8 Å². The zero-order valence-electron chi connectivity index (χ0n) is 12.5. The van der Waals surface area contributed by atoms with Gasteiger partial charge in [-0.05, 0) is 19.9 Å². The van der Waals surface area contributed by atoms with Crippen molar-refractivity contribution in [1.29, 1.82) is 0 Å². The number of hydrogen-bond donors (Lipinski definition) is 1. The van der Waals surface area contributed by atoms with E-state index in [1.54, 1.807) is 25.3 Å². The second kappa shape index (κ2) is 6.69. The quantitative estimate of drug-likeness (QED) is 0.685. The molecule has 0 aromatic carbocycles. The molecule has 0 aliphatic heterocycles. The van der Waals surface area contributed by atoms with Crippen LogP contribution in [0.2, 0.25) is 0 Å². The number of aromatic nitrogens is 3. The molecule has 0 fully saturated rings. The second-order valence-corrected chi connectivity index (χ2v) is 5.78. The van der Waals surface area contributed by atoms with Crippen molar-refractivity contribution in [3.8, 4) is 11.5 Å². The lowest BCUT2D eigenvalue weighted by atomic mass is 10.3. The van der Waals surface area contributed by atoms with Gasteiger partial charge in [-0.25, -0.2) is 0 Å². The molecule has 1 amide bonds. The van der Waals surface area contributed by atoms with Gasteiger partial charge in [0.2, 0.25) is 5.91 Å². The van der Waals surface area contributed by atoms with Crippen LogP contribution >= 0.6 is 11.8 Å². The zero-order valence-corrected chi connectivity index (χ0v) is 13.3. The summed E-state index contributed by atoms with van der Waals surface area (Å²) >= 11 is 1.31. The lowest BCUT2D eigenvalue weighted by Gasteiger charge is -1.99. The van der Waals surface area contributed by atoms with Gasteiger partial charge >= 0.3 is 0 Å². The number of nitrogens with zero attached hydrogens (tertiary/aromatic N) is 3. The van der Waals surface area contributed by atoms with Crippen LogP contribution in [0.5, 0.6) is 0 Å². The largest absolute Gasteiger partial charge is 0.469 e. The number of amides is 1. The van der Waals surface area contributed by atoms with Gasteiger partial charge in [0.1, 0.15) is 11.5 Å². The minimum Gasteiger partial charge on any atom is -0.469 e. The van der Waals surface area contributed by atoms with Crippen LogP contribution in [0, 0.1) is 13.8 Å². The number of nitrogens with one attached hydrogen (secondary N) is 1. The number of carbonyl (C=O) groups is 1. The van der Waals surface area contributed by atoms with Gasteiger partial charge in [-0.3, -0.25) is 4.79 Å². The van der Waals surface area contributed by atoms with Gasteiger partial charge in [0.25, 0.3) is 11.1 Å². The highest BCUT2D eigenvalue weighted by Gasteiger charge is 2.14. The third-order valence-electron chi connectivity index (χ3n) is 2.95. The third-order valence-corrected chi connectivity index (χ3v) is 3.77. The summed E-state index contributed by atoms with van der Waals surface area (Å²) in [6, 6.07) is 3.42. The molecule has 0 unspecified atom stereocenters. The Hall–Kier alpha value is -2.55. The van der Waals surface area contributed by atoms with Crippen molar-refractivity contribution in [2.24, 2.45) is 0 Å². The Kier molecular flexibility index (Phi) is 4.47. The Morgan fingerprint density at radius 2 is 2.22 bits per heavy atom. The van der Waals surface area contributed by atoms with Crippen molar-refractivity contribution >= 4 is 23.5 Å². The average Bonchev–Trinajstić information content (AvgIpc) is 3.21. The van der Waals surface area contributed by atoms with Crippen molar-refractivity contribution in [3.63, 3.8) is 0 Å². The zero-order chi connectivity index (χ0) is 16.2. The van der Waals surface area contributed by atoms with Crippen molar-refractivity contribution in [1.82, 2.24) is 15.4 Å². The summed E-state index contributed by atoms with van der Waals surface area (Å²) in [5, 5.41) is 14.7. The molecule has 3 aromatic heterocycles. The molecule has 0 saturated carbocycles. The molecular weight excluding hydrogens is 320 g/mol. The van der Waals surface area contributed by atoms with Crippen molar-refractivity contribution in [3.05, 3.63) is 29.9 Å². The molecule has 0 atom stereocenters. The molecule has 23 heavy (non-hydrogen) atoms. The third kappa shape index (κ3) is 3.81. The molecule has 3 heterocycles. The monoisotopic (exact) mass is 334 g/mol. The number of furan rings is 1. The van der Waals surface area contributed by atoms with Gasteiger partial charge in [0.15, 0.2) is 5.82 Å². The number of anilines is 1. The molecule has 8 nitrogen and oxygen atoms in total. The maximum Gasteiger partial charge on any atom is 0.276 e. The lowest BCUT2D eigenvalue weighted by molar-refractivity contribution is -0.115. The molecular formula is C14H14N4O4S.